The number of carbonyl (C=O) groups is 2. The molecule has 4 aliphatic rings. The van der Waals surface area contributed by atoms with Crippen LogP contribution in [0.1, 0.15) is 132 Å². The molecule has 19 nitrogen and oxygen atoms in total. The van der Waals surface area contributed by atoms with Crippen LogP contribution in [0.2, 0.25) is 0 Å². The van der Waals surface area contributed by atoms with Crippen molar-refractivity contribution in [3.8, 4) is 22.3 Å². The molecular formula is C74H95N15O4. The van der Waals surface area contributed by atoms with Gasteiger partial charge in [0.1, 0.15) is 23.3 Å². The lowest BCUT2D eigenvalue weighted by atomic mass is 9.89. The number of nitrogens with zero attached hydrogens (tertiary/aromatic N) is 9. The number of aryl methyl sites for hydroxylation is 4. The largest absolute Gasteiger partial charge is 0.368 e. The number of pyridine rings is 6. The Kier molecular flexibility index (Phi) is 21.1. The minimum absolute atomic E-state index is 0.0436. The molecule has 2 saturated heterocycles. The summed E-state index contributed by atoms with van der Waals surface area (Å²) in [6.45, 7) is 24.0. The van der Waals surface area contributed by atoms with Gasteiger partial charge >= 0.3 is 0 Å². The molecule has 6 N–H and O–H groups in total. The second-order valence-electron chi connectivity index (χ2n) is 26.2. The van der Waals surface area contributed by atoms with Crippen LogP contribution in [0.3, 0.4) is 0 Å². The van der Waals surface area contributed by atoms with Crippen LogP contribution in [0.5, 0.6) is 0 Å². The van der Waals surface area contributed by atoms with Crippen molar-refractivity contribution in [1.82, 2.24) is 45.4 Å². The molecule has 6 aromatic heterocycles. The molecule has 12 rings (SSSR count). The maximum Gasteiger partial charge on any atom is 0.253 e. The SMILES string of the molecule is CCN(c1cc(-c2ccc(N3CCCCC3)nc2)cc2c(NCc3c(C)cc(C)[nH]c3=O)nccc12)C1CCC(NC(C)=O)CC1.CCN(c1cc(-c2ccc(N3CCN(C)CC3)nc2)cc2c(NCc3c(C)cc(C)[nH]c3=O)nccc12)C1CCC(NC(C)=O)CC1. The molecule has 2 amide bonds. The fourth-order valence-electron chi connectivity index (χ4n) is 14.7. The summed E-state index contributed by atoms with van der Waals surface area (Å²) in [6.07, 6.45) is 19.4. The number of rotatable bonds is 18. The second-order valence-corrected chi connectivity index (χ2v) is 26.2. The third-order valence-corrected chi connectivity index (χ3v) is 19.6. The van der Waals surface area contributed by atoms with Crippen LogP contribution in [0.4, 0.5) is 34.6 Å². The van der Waals surface area contributed by atoms with Crippen molar-refractivity contribution in [2.75, 3.05) is 89.6 Å². The molecule has 19 heteroatoms. The van der Waals surface area contributed by atoms with Crippen molar-refractivity contribution in [1.29, 1.82) is 0 Å². The van der Waals surface area contributed by atoms with Gasteiger partial charge in [-0.1, -0.05) is 0 Å². The van der Waals surface area contributed by atoms with E-state index in [0.717, 1.165) is 193 Å². The molecule has 490 valence electrons. The first-order chi connectivity index (χ1) is 45.0. The Morgan fingerprint density at radius 3 is 1.30 bits per heavy atom. The molecule has 8 heterocycles. The Morgan fingerprint density at radius 2 is 0.925 bits per heavy atom. The minimum atomic E-state index is -0.0739. The van der Waals surface area contributed by atoms with Crippen molar-refractivity contribution in [3.05, 3.63) is 152 Å². The van der Waals surface area contributed by atoms with Crippen molar-refractivity contribution >= 4 is 68.0 Å². The van der Waals surface area contributed by atoms with E-state index in [1.165, 1.54) is 30.6 Å². The predicted octanol–water partition coefficient (Wildman–Crippen LogP) is 11.7. The van der Waals surface area contributed by atoms with E-state index in [-0.39, 0.29) is 35.0 Å². The molecule has 2 aliphatic carbocycles. The van der Waals surface area contributed by atoms with Crippen LogP contribution >= 0.6 is 0 Å². The Balaban J connectivity index is 0.000000190. The van der Waals surface area contributed by atoms with Crippen LogP contribution in [0.25, 0.3) is 43.8 Å². The maximum absolute atomic E-state index is 12.8. The number of amides is 2. The van der Waals surface area contributed by atoms with Gasteiger partial charge in [0.15, 0.2) is 0 Å². The van der Waals surface area contributed by atoms with E-state index in [1.54, 1.807) is 13.8 Å². The number of hydrogen-bond donors (Lipinski definition) is 6. The number of carbonyl (C=O) groups excluding carboxylic acids is 2. The van der Waals surface area contributed by atoms with E-state index < -0.39 is 0 Å². The average Bonchev–Trinajstić information content (AvgIpc) is 0.787. The molecule has 0 radical (unpaired) electrons. The Morgan fingerprint density at radius 1 is 0.505 bits per heavy atom. The summed E-state index contributed by atoms with van der Waals surface area (Å²) in [4.78, 5) is 86.5. The van der Waals surface area contributed by atoms with E-state index in [9.17, 15) is 19.2 Å². The number of fused-ring (bicyclic) bond motifs is 2. The Bertz CT molecular complexity index is 4030. The zero-order valence-electron chi connectivity index (χ0n) is 56.1. The highest BCUT2D eigenvalue weighted by molar-refractivity contribution is 6.04. The highest BCUT2D eigenvalue weighted by atomic mass is 16.2. The smallest absolute Gasteiger partial charge is 0.253 e. The normalized spacial score (nSPS) is 18.5. The number of anilines is 6. The second kappa shape index (κ2) is 29.8. The predicted molar refractivity (Wildman–Crippen MR) is 379 cm³/mol. The van der Waals surface area contributed by atoms with Crippen LogP contribution in [0, 0.1) is 27.7 Å². The molecule has 0 bridgehead atoms. The van der Waals surface area contributed by atoms with Crippen molar-refractivity contribution < 1.29 is 9.59 Å². The summed E-state index contributed by atoms with van der Waals surface area (Å²) < 4.78 is 0. The molecule has 0 spiro atoms. The Labute approximate surface area is 547 Å². The molecule has 8 aromatic rings. The van der Waals surface area contributed by atoms with E-state index in [4.69, 9.17) is 19.9 Å². The van der Waals surface area contributed by atoms with Gasteiger partial charge in [-0.15, -0.1) is 0 Å². The van der Waals surface area contributed by atoms with Crippen LogP contribution in [-0.2, 0) is 22.7 Å². The monoisotopic (exact) mass is 1260 g/mol. The summed E-state index contributed by atoms with van der Waals surface area (Å²) in [6, 6.07) is 27.1. The fraction of sp³-hybridized carbons (Fsp3) is 0.459. The quantitative estimate of drug-likeness (QED) is 0.0471. The first-order valence-electron chi connectivity index (χ1n) is 33.9. The number of aromatic amines is 2. The highest BCUT2D eigenvalue weighted by Gasteiger charge is 2.30. The third-order valence-electron chi connectivity index (χ3n) is 19.6. The Hall–Kier alpha value is -8.84. The molecule has 0 atom stereocenters. The van der Waals surface area contributed by atoms with Gasteiger partial charge in [-0.25, -0.2) is 19.9 Å². The van der Waals surface area contributed by atoms with E-state index in [2.05, 4.69) is 137 Å². The number of hydrogen-bond acceptors (Lipinski definition) is 15. The summed E-state index contributed by atoms with van der Waals surface area (Å²) in [7, 11) is 2.16. The number of benzene rings is 2. The number of piperazine rings is 1. The van der Waals surface area contributed by atoms with Gasteiger partial charge in [-0.2, -0.15) is 0 Å². The maximum atomic E-state index is 12.8. The van der Waals surface area contributed by atoms with Crippen LogP contribution in [-0.4, -0.2) is 130 Å². The third kappa shape index (κ3) is 15.6. The number of H-pyrrole nitrogens is 2. The number of likely N-dealkylation sites (N-methyl/N-ethyl adjacent to an activating group) is 1. The summed E-state index contributed by atoms with van der Waals surface area (Å²) >= 11 is 0. The zero-order chi connectivity index (χ0) is 65.3. The van der Waals surface area contributed by atoms with E-state index in [0.29, 0.717) is 36.3 Å². The van der Waals surface area contributed by atoms with Gasteiger partial charge in [0.25, 0.3) is 11.1 Å². The van der Waals surface area contributed by atoms with Gasteiger partial charge in [0.05, 0.1) is 0 Å². The summed E-state index contributed by atoms with van der Waals surface area (Å²) in [5.41, 5.74) is 11.5. The van der Waals surface area contributed by atoms with Crippen molar-refractivity contribution in [2.45, 2.75) is 163 Å². The molecule has 4 fully saturated rings. The van der Waals surface area contributed by atoms with Crippen molar-refractivity contribution in [2.24, 2.45) is 0 Å². The lowest BCUT2D eigenvalue weighted by Gasteiger charge is -2.39. The van der Waals surface area contributed by atoms with Crippen LogP contribution in [0.15, 0.2) is 107 Å². The molecule has 2 aliphatic heterocycles. The first-order valence-corrected chi connectivity index (χ1v) is 33.9. The number of nitrogens with one attached hydrogen (secondary N) is 6. The standard InChI is InChI=1S/C37H48N8O2.C37H47N7O2/c1-6-45(30-10-8-29(9-11-30)42-26(4)46)34-21-28(27-7-12-35(39-22-27)44-17-15-43(5)16-18-44)20-32-31(34)13-14-38-36(32)40-23-33-24(2)19-25(3)41-37(33)47;1-5-44(30-12-10-29(11-13-30)42-26(4)45)34-21-28(27-9-14-35(39-22-27)43-17-7-6-8-18-43)20-32-31(34)15-16-38-36(32)40-23-33-24(2)19-25(3)41-37(33)46/h7,12-14,19-22,29-30H,6,8-11,15-18,23H2,1-5H3,(H,38,40)(H,41,47)(H,42,46);9,14-16,19-22,29-30H,5-8,10-13,17-18,23H2,1-4H3,(H,38,40)(H,41,46)(H,42,45). The van der Waals surface area contributed by atoms with Gasteiger partial charge in [-0.3, -0.25) is 19.2 Å². The first kappa shape index (κ1) is 65.6. The molecule has 93 heavy (non-hydrogen) atoms. The van der Waals surface area contributed by atoms with Gasteiger partial charge in [0.2, 0.25) is 11.8 Å². The van der Waals surface area contributed by atoms with Crippen molar-refractivity contribution in [3.63, 3.8) is 0 Å². The van der Waals surface area contributed by atoms with Gasteiger partial charge < -0.3 is 55.7 Å². The molecular weight excluding hydrogens is 1160 g/mol. The van der Waals surface area contributed by atoms with Crippen LogP contribution < -0.4 is 52.0 Å². The average molecular weight is 1260 g/mol. The van der Waals surface area contributed by atoms with E-state index >= 15 is 0 Å². The van der Waals surface area contributed by atoms with Gasteiger partial charge in [-0.05, 0) is 214 Å². The zero-order valence-corrected chi connectivity index (χ0v) is 56.1. The lowest BCUT2D eigenvalue weighted by molar-refractivity contribution is -0.120. The molecule has 2 saturated carbocycles. The fourth-order valence-corrected chi connectivity index (χ4v) is 14.7. The summed E-state index contributed by atoms with van der Waals surface area (Å²) in [5.74, 6) is 3.64. The van der Waals surface area contributed by atoms with E-state index in [1.807, 2.05) is 64.6 Å². The van der Waals surface area contributed by atoms with Gasteiger partial charge in [0, 0.05) is 195 Å². The molecule has 0 unspecified atom stereocenters. The minimum Gasteiger partial charge on any atom is -0.368 e. The highest BCUT2D eigenvalue weighted by Crippen LogP contribution is 2.41. The molecule has 2 aromatic carbocycles. The number of piperidine rings is 1. The number of aromatic nitrogens is 6. The topological polar surface area (TPSA) is 216 Å². The summed E-state index contributed by atoms with van der Waals surface area (Å²) in [5, 5.41) is 17.5. The lowest BCUT2D eigenvalue weighted by Crippen LogP contribution is -2.44.